The number of amides is 1. The molecule has 0 radical (unpaired) electrons. The number of rotatable bonds is 5. The highest BCUT2D eigenvalue weighted by Gasteiger charge is 2.20. The Kier molecular flexibility index (Phi) is 5.09. The number of nitrogens with zero attached hydrogens (tertiary/aromatic N) is 3. The molecule has 5 rings (SSSR count). The van der Waals surface area contributed by atoms with E-state index in [9.17, 15) is 4.79 Å². The highest BCUT2D eigenvalue weighted by molar-refractivity contribution is 6.01. The second kappa shape index (κ2) is 8.20. The summed E-state index contributed by atoms with van der Waals surface area (Å²) >= 11 is 0. The lowest BCUT2D eigenvalue weighted by Crippen LogP contribution is -2.18. The van der Waals surface area contributed by atoms with Gasteiger partial charge in [-0.25, -0.2) is 4.98 Å². The highest BCUT2D eigenvalue weighted by atomic mass is 16.5. The topological polar surface area (TPSA) is 81.1 Å². The standard InChI is InChI=1S/C24H23N5O2/c1-16(30)26-20-8-5-9-22-18(20)10-12-29(22)24-27-21-11-13-31-15-19(21)23(28-24)25-14-17-6-3-2-4-7-17/h2-10,12H,11,13-15H2,1H3,(H,26,30)(H,25,27,28). The van der Waals surface area contributed by atoms with Gasteiger partial charge in [-0.1, -0.05) is 36.4 Å². The van der Waals surface area contributed by atoms with Crippen LogP contribution in [0.25, 0.3) is 16.9 Å². The lowest BCUT2D eigenvalue weighted by molar-refractivity contribution is -0.114. The molecule has 2 N–H and O–H groups in total. The van der Waals surface area contributed by atoms with Gasteiger partial charge in [0.05, 0.1) is 30.1 Å². The van der Waals surface area contributed by atoms with Gasteiger partial charge >= 0.3 is 0 Å². The zero-order valence-corrected chi connectivity index (χ0v) is 17.3. The van der Waals surface area contributed by atoms with E-state index in [0.717, 1.165) is 40.1 Å². The summed E-state index contributed by atoms with van der Waals surface area (Å²) in [6.45, 7) is 3.34. The third kappa shape index (κ3) is 3.87. The fourth-order valence-corrected chi connectivity index (χ4v) is 3.90. The molecular weight excluding hydrogens is 390 g/mol. The molecule has 31 heavy (non-hydrogen) atoms. The Balaban J connectivity index is 1.56. The Bertz CT molecular complexity index is 1250. The number of aromatic nitrogens is 3. The van der Waals surface area contributed by atoms with Gasteiger partial charge in [0.2, 0.25) is 11.9 Å². The van der Waals surface area contributed by atoms with E-state index in [0.29, 0.717) is 25.7 Å². The molecule has 2 aromatic heterocycles. The summed E-state index contributed by atoms with van der Waals surface area (Å²) in [5.74, 6) is 1.30. The quantitative estimate of drug-likeness (QED) is 0.516. The van der Waals surface area contributed by atoms with E-state index in [1.54, 1.807) is 0 Å². The maximum atomic E-state index is 11.6. The van der Waals surface area contributed by atoms with Crippen molar-refractivity contribution >= 4 is 28.3 Å². The molecular formula is C24H23N5O2. The monoisotopic (exact) mass is 413 g/mol. The fourth-order valence-electron chi connectivity index (χ4n) is 3.90. The minimum absolute atomic E-state index is 0.0994. The zero-order chi connectivity index (χ0) is 21.2. The van der Waals surface area contributed by atoms with Gasteiger partial charge in [-0.15, -0.1) is 0 Å². The van der Waals surface area contributed by atoms with Crippen LogP contribution in [0.15, 0.2) is 60.8 Å². The van der Waals surface area contributed by atoms with Gasteiger partial charge in [0.25, 0.3) is 0 Å². The van der Waals surface area contributed by atoms with Crippen molar-refractivity contribution in [3.63, 3.8) is 0 Å². The summed E-state index contributed by atoms with van der Waals surface area (Å²) in [5, 5.41) is 7.31. The molecule has 0 fully saturated rings. The number of anilines is 2. The first kappa shape index (κ1) is 19.3. The van der Waals surface area contributed by atoms with Crippen molar-refractivity contribution in [2.75, 3.05) is 17.2 Å². The minimum Gasteiger partial charge on any atom is -0.376 e. The Morgan fingerprint density at radius 3 is 2.81 bits per heavy atom. The van der Waals surface area contributed by atoms with Crippen LogP contribution in [0.2, 0.25) is 0 Å². The number of benzene rings is 2. The van der Waals surface area contributed by atoms with E-state index >= 15 is 0 Å². The second-order valence-corrected chi connectivity index (χ2v) is 7.54. The largest absolute Gasteiger partial charge is 0.376 e. The second-order valence-electron chi connectivity index (χ2n) is 7.54. The van der Waals surface area contributed by atoms with Crippen LogP contribution >= 0.6 is 0 Å². The average Bonchev–Trinajstić information content (AvgIpc) is 3.23. The first-order chi connectivity index (χ1) is 15.2. The maximum Gasteiger partial charge on any atom is 0.236 e. The molecule has 0 atom stereocenters. The van der Waals surface area contributed by atoms with Gasteiger partial charge in [0, 0.05) is 37.0 Å². The summed E-state index contributed by atoms with van der Waals surface area (Å²) < 4.78 is 7.64. The van der Waals surface area contributed by atoms with E-state index in [1.165, 1.54) is 12.5 Å². The Labute approximate surface area is 180 Å². The number of fused-ring (bicyclic) bond motifs is 2. The van der Waals surface area contributed by atoms with E-state index in [2.05, 4.69) is 22.8 Å². The van der Waals surface area contributed by atoms with Crippen LogP contribution in [0.4, 0.5) is 11.5 Å². The summed E-state index contributed by atoms with van der Waals surface area (Å²) in [6, 6.07) is 18.0. The molecule has 0 saturated heterocycles. The van der Waals surface area contributed by atoms with Crippen molar-refractivity contribution in [3.05, 3.63) is 77.6 Å². The predicted molar refractivity (Wildman–Crippen MR) is 120 cm³/mol. The summed E-state index contributed by atoms with van der Waals surface area (Å²) in [5.41, 5.74) is 4.91. The van der Waals surface area contributed by atoms with Crippen LogP contribution in [0.3, 0.4) is 0 Å². The van der Waals surface area contributed by atoms with Crippen LogP contribution in [0, 0.1) is 0 Å². The molecule has 156 valence electrons. The molecule has 1 aliphatic rings. The summed E-state index contributed by atoms with van der Waals surface area (Å²) in [6.07, 6.45) is 2.69. The van der Waals surface area contributed by atoms with Crippen molar-refractivity contribution in [1.82, 2.24) is 14.5 Å². The van der Waals surface area contributed by atoms with Gasteiger partial charge in [0.1, 0.15) is 5.82 Å². The van der Waals surface area contributed by atoms with Crippen molar-refractivity contribution in [2.45, 2.75) is 26.5 Å². The smallest absolute Gasteiger partial charge is 0.236 e. The molecule has 1 amide bonds. The molecule has 4 aromatic rings. The number of hydrogen-bond acceptors (Lipinski definition) is 5. The third-order valence-corrected chi connectivity index (χ3v) is 5.37. The van der Waals surface area contributed by atoms with Crippen molar-refractivity contribution in [1.29, 1.82) is 0 Å². The van der Waals surface area contributed by atoms with E-state index in [4.69, 9.17) is 14.7 Å². The number of carbonyl (C=O) groups is 1. The Hall–Kier alpha value is -3.71. The van der Waals surface area contributed by atoms with Crippen LogP contribution in [-0.4, -0.2) is 27.0 Å². The minimum atomic E-state index is -0.0994. The molecule has 1 aliphatic heterocycles. The molecule has 0 spiro atoms. The number of nitrogens with one attached hydrogen (secondary N) is 2. The van der Waals surface area contributed by atoms with Gasteiger partial charge in [-0.3, -0.25) is 9.36 Å². The fraction of sp³-hybridized carbons (Fsp3) is 0.208. The molecule has 0 bridgehead atoms. The van der Waals surface area contributed by atoms with Crippen molar-refractivity contribution < 1.29 is 9.53 Å². The van der Waals surface area contributed by atoms with E-state index in [-0.39, 0.29) is 5.91 Å². The lowest BCUT2D eigenvalue weighted by Gasteiger charge is -2.20. The molecule has 7 nitrogen and oxygen atoms in total. The number of ether oxygens (including phenoxy) is 1. The predicted octanol–water partition coefficient (Wildman–Crippen LogP) is 4.06. The lowest BCUT2D eigenvalue weighted by atomic mass is 10.1. The molecule has 3 heterocycles. The first-order valence-corrected chi connectivity index (χ1v) is 10.3. The maximum absolute atomic E-state index is 11.6. The Morgan fingerprint density at radius 1 is 1.10 bits per heavy atom. The van der Waals surface area contributed by atoms with Crippen molar-refractivity contribution in [3.8, 4) is 5.95 Å². The normalized spacial score (nSPS) is 13.1. The average molecular weight is 413 g/mol. The van der Waals surface area contributed by atoms with Gasteiger partial charge in [0.15, 0.2) is 0 Å². The van der Waals surface area contributed by atoms with Gasteiger partial charge in [-0.05, 0) is 23.8 Å². The zero-order valence-electron chi connectivity index (χ0n) is 17.3. The highest BCUT2D eigenvalue weighted by Crippen LogP contribution is 2.29. The van der Waals surface area contributed by atoms with Crippen LogP contribution in [0.5, 0.6) is 0 Å². The van der Waals surface area contributed by atoms with Crippen molar-refractivity contribution in [2.24, 2.45) is 0 Å². The van der Waals surface area contributed by atoms with Crippen LogP contribution in [-0.2, 0) is 29.1 Å². The molecule has 0 unspecified atom stereocenters. The molecule has 0 aliphatic carbocycles. The molecule has 0 saturated carbocycles. The van der Waals surface area contributed by atoms with Crippen LogP contribution < -0.4 is 10.6 Å². The van der Waals surface area contributed by atoms with E-state index in [1.807, 2.05) is 53.2 Å². The Morgan fingerprint density at radius 2 is 1.97 bits per heavy atom. The van der Waals surface area contributed by atoms with E-state index < -0.39 is 0 Å². The summed E-state index contributed by atoms with van der Waals surface area (Å²) in [4.78, 5) is 21.3. The molecule has 2 aromatic carbocycles. The number of hydrogen-bond donors (Lipinski definition) is 2. The van der Waals surface area contributed by atoms with Crippen LogP contribution in [0.1, 0.15) is 23.7 Å². The number of carbonyl (C=O) groups excluding carboxylic acids is 1. The van der Waals surface area contributed by atoms with Gasteiger partial charge in [-0.2, -0.15) is 4.98 Å². The molecule has 7 heteroatoms. The first-order valence-electron chi connectivity index (χ1n) is 10.3. The SMILES string of the molecule is CC(=O)Nc1cccc2c1ccn2-c1nc2c(c(NCc3ccccc3)n1)COCC2. The summed E-state index contributed by atoms with van der Waals surface area (Å²) in [7, 11) is 0. The van der Waals surface area contributed by atoms with Gasteiger partial charge < -0.3 is 15.4 Å². The third-order valence-electron chi connectivity index (χ3n) is 5.37.